The van der Waals surface area contributed by atoms with Gasteiger partial charge in [-0.05, 0) is 17.7 Å². The number of nitrogens with zero attached hydrogens (tertiary/aromatic N) is 4. The summed E-state index contributed by atoms with van der Waals surface area (Å²) >= 11 is 3.45. The highest BCUT2D eigenvalue weighted by Crippen LogP contribution is 2.11. The van der Waals surface area contributed by atoms with Crippen LogP contribution >= 0.6 is 39.9 Å². The molecule has 22 heavy (non-hydrogen) atoms. The fourth-order valence-electron chi connectivity index (χ4n) is 2.05. The molecule has 2 rings (SSSR count). The molecule has 1 aromatic heterocycles. The van der Waals surface area contributed by atoms with Gasteiger partial charge in [0.1, 0.15) is 5.82 Å². The van der Waals surface area contributed by atoms with Crippen LogP contribution in [0.5, 0.6) is 0 Å². The van der Waals surface area contributed by atoms with Crippen molar-refractivity contribution in [3.05, 3.63) is 52.5 Å². The summed E-state index contributed by atoms with van der Waals surface area (Å²) in [7, 11) is 5.80. The largest absolute Gasteiger partial charge is 0.349 e. The van der Waals surface area contributed by atoms with E-state index in [-0.39, 0.29) is 24.0 Å². The number of hydrogen-bond acceptors (Lipinski definition) is 2. The molecule has 0 aliphatic carbocycles. The van der Waals surface area contributed by atoms with Crippen LogP contribution in [-0.2, 0) is 20.1 Å². The standard InChI is InChI=1S/C15H20BrN5.HI/c1-17-15(19-10-14-18-8-9-20(14)2)21(3)11-12-4-6-13(16)7-5-12;/h4-9H,10-11H2,1-3H3,(H,17,19);1H. The van der Waals surface area contributed by atoms with Crippen LogP contribution in [0.15, 0.2) is 46.1 Å². The topological polar surface area (TPSA) is 45.5 Å². The number of halogens is 2. The first-order chi connectivity index (χ1) is 10.1. The van der Waals surface area contributed by atoms with Crippen LogP contribution in [0.1, 0.15) is 11.4 Å². The lowest BCUT2D eigenvalue weighted by atomic mass is 10.2. The van der Waals surface area contributed by atoms with E-state index in [2.05, 4.69) is 48.3 Å². The Labute approximate surface area is 157 Å². The molecule has 5 nitrogen and oxygen atoms in total. The lowest BCUT2D eigenvalue weighted by molar-refractivity contribution is 0.474. The molecule has 0 amide bonds. The average molecular weight is 478 g/mol. The van der Waals surface area contributed by atoms with Crippen LogP contribution in [0, 0.1) is 0 Å². The van der Waals surface area contributed by atoms with E-state index in [4.69, 9.17) is 0 Å². The number of hydrogen-bond donors (Lipinski definition) is 1. The van der Waals surface area contributed by atoms with Crippen molar-refractivity contribution < 1.29 is 0 Å². The molecule has 0 fully saturated rings. The molecule has 1 N–H and O–H groups in total. The molecule has 1 aromatic carbocycles. The molecule has 0 aliphatic heterocycles. The Morgan fingerprint density at radius 2 is 2.05 bits per heavy atom. The van der Waals surface area contributed by atoms with Gasteiger partial charge in [0, 0.05) is 44.6 Å². The number of aryl methyl sites for hydroxylation is 1. The molecule has 0 saturated carbocycles. The number of rotatable bonds is 4. The molecular formula is C15H21BrIN5. The number of nitrogens with one attached hydrogen (secondary N) is 1. The lowest BCUT2D eigenvalue weighted by Gasteiger charge is -2.22. The summed E-state index contributed by atoms with van der Waals surface area (Å²) in [5, 5.41) is 3.33. The Balaban J connectivity index is 0.00000242. The van der Waals surface area contributed by atoms with Crippen molar-refractivity contribution in [2.75, 3.05) is 14.1 Å². The molecule has 120 valence electrons. The summed E-state index contributed by atoms with van der Waals surface area (Å²) in [4.78, 5) is 10.7. The minimum Gasteiger partial charge on any atom is -0.349 e. The van der Waals surface area contributed by atoms with Gasteiger partial charge < -0.3 is 14.8 Å². The predicted molar refractivity (Wildman–Crippen MR) is 104 cm³/mol. The van der Waals surface area contributed by atoms with Gasteiger partial charge in [0.25, 0.3) is 0 Å². The summed E-state index contributed by atoms with van der Waals surface area (Å²) in [5.74, 6) is 1.83. The van der Waals surface area contributed by atoms with E-state index in [9.17, 15) is 0 Å². The molecule has 0 aliphatic rings. The Morgan fingerprint density at radius 1 is 1.36 bits per heavy atom. The highest BCUT2D eigenvalue weighted by molar-refractivity contribution is 14.0. The van der Waals surface area contributed by atoms with Gasteiger partial charge >= 0.3 is 0 Å². The highest BCUT2D eigenvalue weighted by atomic mass is 127. The number of imidazole rings is 1. The maximum atomic E-state index is 4.32. The van der Waals surface area contributed by atoms with Gasteiger partial charge in [-0.25, -0.2) is 4.98 Å². The third-order valence-electron chi connectivity index (χ3n) is 3.23. The van der Waals surface area contributed by atoms with Crippen molar-refractivity contribution in [1.82, 2.24) is 19.8 Å². The van der Waals surface area contributed by atoms with Crippen LogP contribution in [0.4, 0.5) is 0 Å². The van der Waals surface area contributed by atoms with Gasteiger partial charge in [0.2, 0.25) is 0 Å². The van der Waals surface area contributed by atoms with Gasteiger partial charge in [0.15, 0.2) is 5.96 Å². The van der Waals surface area contributed by atoms with E-state index in [1.807, 2.05) is 37.0 Å². The molecule has 0 spiro atoms. The first-order valence-electron chi connectivity index (χ1n) is 6.72. The van der Waals surface area contributed by atoms with Crippen molar-refractivity contribution >= 4 is 45.9 Å². The second kappa shape index (κ2) is 9.14. The summed E-state index contributed by atoms with van der Waals surface area (Å²) in [5.41, 5.74) is 1.24. The van der Waals surface area contributed by atoms with Crippen LogP contribution in [-0.4, -0.2) is 34.5 Å². The van der Waals surface area contributed by atoms with Crippen LogP contribution < -0.4 is 5.32 Å². The van der Waals surface area contributed by atoms with Gasteiger partial charge in [-0.15, -0.1) is 24.0 Å². The molecule has 1 heterocycles. The molecule has 0 bridgehead atoms. The van der Waals surface area contributed by atoms with Gasteiger partial charge in [-0.3, -0.25) is 4.99 Å². The minimum absolute atomic E-state index is 0. The van der Waals surface area contributed by atoms with Gasteiger partial charge in [-0.2, -0.15) is 0 Å². The predicted octanol–water partition coefficient (Wildman–Crippen LogP) is 3.01. The summed E-state index contributed by atoms with van der Waals surface area (Å²) in [6.07, 6.45) is 3.73. The molecular weight excluding hydrogens is 457 g/mol. The second-order valence-electron chi connectivity index (χ2n) is 4.84. The number of benzene rings is 1. The zero-order valence-corrected chi connectivity index (χ0v) is 16.9. The average Bonchev–Trinajstić information content (AvgIpc) is 2.88. The fraction of sp³-hybridized carbons (Fsp3) is 0.333. The Bertz CT molecular complexity index is 609. The number of aliphatic imine (C=N–C) groups is 1. The lowest BCUT2D eigenvalue weighted by Crippen LogP contribution is -2.38. The van der Waals surface area contributed by atoms with E-state index in [0.717, 1.165) is 22.8 Å². The van der Waals surface area contributed by atoms with E-state index in [1.165, 1.54) is 5.56 Å². The third kappa shape index (κ3) is 5.28. The zero-order valence-electron chi connectivity index (χ0n) is 13.0. The Morgan fingerprint density at radius 3 is 2.59 bits per heavy atom. The van der Waals surface area contributed by atoms with E-state index in [0.29, 0.717) is 6.54 Å². The summed E-state index contributed by atoms with van der Waals surface area (Å²) < 4.78 is 3.08. The SMILES string of the molecule is CN=C(NCc1nccn1C)N(C)Cc1ccc(Br)cc1.I. The Kier molecular flexibility index (Phi) is 7.88. The summed E-state index contributed by atoms with van der Waals surface area (Å²) in [6, 6.07) is 8.31. The maximum absolute atomic E-state index is 4.32. The quantitative estimate of drug-likeness (QED) is 0.418. The van der Waals surface area contributed by atoms with E-state index >= 15 is 0 Å². The fourth-order valence-corrected chi connectivity index (χ4v) is 2.31. The molecule has 2 aromatic rings. The molecule has 0 atom stereocenters. The summed E-state index contributed by atoms with van der Waals surface area (Å²) in [6.45, 7) is 1.45. The highest BCUT2D eigenvalue weighted by Gasteiger charge is 2.08. The van der Waals surface area contributed by atoms with Crippen molar-refractivity contribution in [1.29, 1.82) is 0 Å². The Hall–Kier alpha value is -1.09. The first kappa shape index (κ1) is 19.0. The monoisotopic (exact) mass is 477 g/mol. The second-order valence-corrected chi connectivity index (χ2v) is 5.75. The van der Waals surface area contributed by atoms with Crippen molar-refractivity contribution in [3.63, 3.8) is 0 Å². The maximum Gasteiger partial charge on any atom is 0.194 e. The molecule has 0 radical (unpaired) electrons. The zero-order chi connectivity index (χ0) is 15.2. The van der Waals surface area contributed by atoms with Crippen LogP contribution in [0.2, 0.25) is 0 Å². The van der Waals surface area contributed by atoms with E-state index in [1.54, 1.807) is 13.2 Å². The van der Waals surface area contributed by atoms with Crippen molar-refractivity contribution in [3.8, 4) is 0 Å². The van der Waals surface area contributed by atoms with Crippen molar-refractivity contribution in [2.24, 2.45) is 12.0 Å². The first-order valence-corrected chi connectivity index (χ1v) is 7.52. The van der Waals surface area contributed by atoms with Crippen LogP contribution in [0.25, 0.3) is 0 Å². The van der Waals surface area contributed by atoms with Crippen molar-refractivity contribution in [2.45, 2.75) is 13.1 Å². The normalized spacial score (nSPS) is 11.0. The molecule has 0 saturated heterocycles. The van der Waals surface area contributed by atoms with Gasteiger partial charge in [-0.1, -0.05) is 28.1 Å². The molecule has 7 heteroatoms. The van der Waals surface area contributed by atoms with Crippen LogP contribution in [0.3, 0.4) is 0 Å². The molecule has 0 unspecified atom stereocenters. The van der Waals surface area contributed by atoms with E-state index < -0.39 is 0 Å². The minimum atomic E-state index is 0. The van der Waals surface area contributed by atoms with Gasteiger partial charge in [0.05, 0.1) is 6.54 Å². The third-order valence-corrected chi connectivity index (χ3v) is 3.76. The number of guanidine groups is 1. The number of aromatic nitrogens is 2. The smallest absolute Gasteiger partial charge is 0.194 e.